The molecule has 0 aliphatic heterocycles. The molecule has 0 saturated heterocycles. The van der Waals surface area contributed by atoms with Crippen LogP contribution in [-0.4, -0.2) is 24.7 Å². The number of carbonyl (C=O) groups is 1. The summed E-state index contributed by atoms with van der Waals surface area (Å²) in [5, 5.41) is 13.1. The third-order valence-electron chi connectivity index (χ3n) is 4.52. The van der Waals surface area contributed by atoms with Crippen molar-refractivity contribution in [3.05, 3.63) is 29.8 Å². The van der Waals surface area contributed by atoms with Crippen LogP contribution in [0.25, 0.3) is 0 Å². The molecule has 0 bridgehead atoms. The zero-order valence-corrected chi connectivity index (χ0v) is 13.7. The minimum Gasteiger partial charge on any atom is -0.497 e. The smallest absolute Gasteiger partial charge is 0.223 e. The molecular formula is C18H27NO3. The summed E-state index contributed by atoms with van der Waals surface area (Å²) in [4.78, 5) is 12.3. The highest BCUT2D eigenvalue weighted by molar-refractivity contribution is 5.78. The topological polar surface area (TPSA) is 58.6 Å². The SMILES string of the molecule is COc1ccc(C(O)CNC(=O)C2CC(C)CC(C)C2)cc1. The van der Waals surface area contributed by atoms with Crippen LogP contribution in [0.15, 0.2) is 24.3 Å². The second-order valence-electron chi connectivity index (χ2n) is 6.65. The number of aliphatic hydroxyl groups excluding tert-OH is 1. The minimum atomic E-state index is -0.687. The summed E-state index contributed by atoms with van der Waals surface area (Å²) >= 11 is 0. The molecule has 0 radical (unpaired) electrons. The third-order valence-corrected chi connectivity index (χ3v) is 4.52. The van der Waals surface area contributed by atoms with Gasteiger partial charge in [0.25, 0.3) is 0 Å². The maximum absolute atomic E-state index is 12.3. The summed E-state index contributed by atoms with van der Waals surface area (Å²) in [7, 11) is 1.61. The van der Waals surface area contributed by atoms with Crippen molar-refractivity contribution in [2.75, 3.05) is 13.7 Å². The predicted octanol–water partition coefficient (Wildman–Crippen LogP) is 2.92. The van der Waals surface area contributed by atoms with Crippen LogP contribution in [-0.2, 0) is 4.79 Å². The van der Waals surface area contributed by atoms with Gasteiger partial charge in [0, 0.05) is 12.5 Å². The van der Waals surface area contributed by atoms with Crippen LogP contribution < -0.4 is 10.1 Å². The van der Waals surface area contributed by atoms with Crippen molar-refractivity contribution in [1.82, 2.24) is 5.32 Å². The van der Waals surface area contributed by atoms with Crippen molar-refractivity contribution in [2.45, 2.75) is 39.2 Å². The maximum Gasteiger partial charge on any atom is 0.223 e. The van der Waals surface area contributed by atoms with E-state index in [0.29, 0.717) is 11.8 Å². The molecule has 0 spiro atoms. The number of methoxy groups -OCH3 is 1. The van der Waals surface area contributed by atoms with Gasteiger partial charge in [-0.05, 0) is 48.8 Å². The molecule has 1 amide bonds. The van der Waals surface area contributed by atoms with Crippen LogP contribution >= 0.6 is 0 Å². The Morgan fingerprint density at radius 2 is 1.82 bits per heavy atom. The molecule has 1 fully saturated rings. The summed E-state index contributed by atoms with van der Waals surface area (Å²) in [6, 6.07) is 7.26. The minimum absolute atomic E-state index is 0.0750. The Bertz CT molecular complexity index is 476. The molecular weight excluding hydrogens is 278 g/mol. The number of hydrogen-bond donors (Lipinski definition) is 2. The van der Waals surface area contributed by atoms with Crippen LogP contribution in [0.1, 0.15) is 44.8 Å². The van der Waals surface area contributed by atoms with Gasteiger partial charge in [-0.1, -0.05) is 26.0 Å². The van der Waals surface area contributed by atoms with Crippen LogP contribution in [0.4, 0.5) is 0 Å². The monoisotopic (exact) mass is 305 g/mol. The number of rotatable bonds is 5. The van der Waals surface area contributed by atoms with Crippen molar-refractivity contribution >= 4 is 5.91 Å². The molecule has 0 heterocycles. The summed E-state index contributed by atoms with van der Waals surface area (Å²) in [5.41, 5.74) is 0.784. The van der Waals surface area contributed by atoms with Crippen molar-refractivity contribution in [2.24, 2.45) is 17.8 Å². The van der Waals surface area contributed by atoms with Crippen LogP contribution in [0.2, 0.25) is 0 Å². The highest BCUT2D eigenvalue weighted by Gasteiger charge is 2.29. The predicted molar refractivity (Wildman–Crippen MR) is 86.6 cm³/mol. The number of benzene rings is 1. The second-order valence-corrected chi connectivity index (χ2v) is 6.65. The quantitative estimate of drug-likeness (QED) is 0.879. The summed E-state index contributed by atoms with van der Waals surface area (Å²) < 4.78 is 5.10. The average molecular weight is 305 g/mol. The van der Waals surface area contributed by atoms with E-state index in [9.17, 15) is 9.90 Å². The third kappa shape index (κ3) is 4.47. The van der Waals surface area contributed by atoms with E-state index in [4.69, 9.17) is 4.74 Å². The molecule has 1 aromatic carbocycles. The fourth-order valence-corrected chi connectivity index (χ4v) is 3.45. The Labute approximate surface area is 132 Å². The van der Waals surface area contributed by atoms with E-state index in [0.717, 1.165) is 24.2 Å². The molecule has 1 aliphatic rings. The van der Waals surface area contributed by atoms with E-state index >= 15 is 0 Å². The lowest BCUT2D eigenvalue weighted by Crippen LogP contribution is -2.37. The molecule has 2 N–H and O–H groups in total. The van der Waals surface area contributed by atoms with E-state index in [1.165, 1.54) is 6.42 Å². The first-order chi connectivity index (χ1) is 10.5. The lowest BCUT2D eigenvalue weighted by atomic mass is 9.76. The number of hydrogen-bond acceptors (Lipinski definition) is 3. The van der Waals surface area contributed by atoms with Gasteiger partial charge in [0.15, 0.2) is 0 Å². The number of carbonyl (C=O) groups excluding carboxylic acids is 1. The second kappa shape index (κ2) is 7.63. The van der Waals surface area contributed by atoms with E-state index < -0.39 is 6.10 Å². The standard InChI is InChI=1S/C18H27NO3/c1-12-8-13(2)10-15(9-12)18(21)19-11-17(20)14-4-6-16(22-3)7-5-14/h4-7,12-13,15,17,20H,8-11H2,1-3H3,(H,19,21). The molecule has 3 atom stereocenters. The van der Waals surface area contributed by atoms with Gasteiger partial charge in [-0.25, -0.2) is 0 Å². The maximum atomic E-state index is 12.3. The Morgan fingerprint density at radius 3 is 2.36 bits per heavy atom. The first-order valence-corrected chi connectivity index (χ1v) is 8.09. The summed E-state index contributed by atoms with van der Waals surface area (Å²) in [5.74, 6) is 2.12. The molecule has 1 aromatic rings. The molecule has 4 nitrogen and oxygen atoms in total. The molecule has 2 rings (SSSR count). The Kier molecular flexibility index (Phi) is 5.83. The van der Waals surface area contributed by atoms with Gasteiger partial charge < -0.3 is 15.2 Å². The van der Waals surface area contributed by atoms with E-state index in [1.807, 2.05) is 24.3 Å². The molecule has 3 unspecified atom stereocenters. The van der Waals surface area contributed by atoms with Gasteiger partial charge in [-0.15, -0.1) is 0 Å². The fraction of sp³-hybridized carbons (Fsp3) is 0.611. The van der Waals surface area contributed by atoms with Crippen LogP contribution in [0, 0.1) is 17.8 Å². The highest BCUT2D eigenvalue weighted by Crippen LogP contribution is 2.32. The fourth-order valence-electron chi connectivity index (χ4n) is 3.45. The Hall–Kier alpha value is -1.55. The molecule has 0 aromatic heterocycles. The number of amides is 1. The molecule has 1 aliphatic carbocycles. The number of aliphatic hydroxyl groups is 1. The number of nitrogens with one attached hydrogen (secondary N) is 1. The van der Waals surface area contributed by atoms with Crippen LogP contribution in [0.5, 0.6) is 5.75 Å². The van der Waals surface area contributed by atoms with Gasteiger partial charge in [-0.2, -0.15) is 0 Å². The van der Waals surface area contributed by atoms with Crippen molar-refractivity contribution < 1.29 is 14.6 Å². The highest BCUT2D eigenvalue weighted by atomic mass is 16.5. The Morgan fingerprint density at radius 1 is 1.23 bits per heavy atom. The zero-order valence-electron chi connectivity index (χ0n) is 13.7. The van der Waals surface area contributed by atoms with Crippen molar-refractivity contribution in [1.29, 1.82) is 0 Å². The summed E-state index contributed by atoms with van der Waals surface area (Å²) in [6.07, 6.45) is 2.43. The molecule has 122 valence electrons. The van der Waals surface area contributed by atoms with Crippen molar-refractivity contribution in [3.8, 4) is 5.75 Å². The van der Waals surface area contributed by atoms with Crippen LogP contribution in [0.3, 0.4) is 0 Å². The van der Waals surface area contributed by atoms with Gasteiger partial charge in [0.05, 0.1) is 13.2 Å². The molecule has 1 saturated carbocycles. The first-order valence-electron chi connectivity index (χ1n) is 8.09. The van der Waals surface area contributed by atoms with Gasteiger partial charge >= 0.3 is 0 Å². The van der Waals surface area contributed by atoms with E-state index in [-0.39, 0.29) is 18.4 Å². The van der Waals surface area contributed by atoms with Crippen molar-refractivity contribution in [3.63, 3.8) is 0 Å². The largest absolute Gasteiger partial charge is 0.497 e. The average Bonchev–Trinajstić information content (AvgIpc) is 2.51. The lowest BCUT2D eigenvalue weighted by Gasteiger charge is -2.30. The first kappa shape index (κ1) is 16.8. The number of ether oxygens (including phenoxy) is 1. The van der Waals surface area contributed by atoms with Gasteiger partial charge in [0.2, 0.25) is 5.91 Å². The normalized spacial score (nSPS) is 26.3. The molecule has 4 heteroatoms. The Balaban J connectivity index is 1.84. The van der Waals surface area contributed by atoms with Gasteiger partial charge in [-0.3, -0.25) is 4.79 Å². The van der Waals surface area contributed by atoms with E-state index in [1.54, 1.807) is 7.11 Å². The van der Waals surface area contributed by atoms with Gasteiger partial charge in [0.1, 0.15) is 5.75 Å². The van der Waals surface area contributed by atoms with E-state index in [2.05, 4.69) is 19.2 Å². The molecule has 22 heavy (non-hydrogen) atoms. The lowest BCUT2D eigenvalue weighted by molar-refractivity contribution is -0.127. The zero-order chi connectivity index (χ0) is 16.1. The summed E-state index contributed by atoms with van der Waals surface area (Å²) in [6.45, 7) is 4.68.